The lowest BCUT2D eigenvalue weighted by molar-refractivity contribution is -0.121. The van der Waals surface area contributed by atoms with E-state index in [1.54, 1.807) is 0 Å². The van der Waals surface area contributed by atoms with Crippen LogP contribution in [0.5, 0.6) is 0 Å². The Morgan fingerprint density at radius 1 is 0.875 bits per heavy atom. The molecule has 0 aliphatic carbocycles. The molecule has 3 rings (SSSR count). The van der Waals surface area contributed by atoms with Gasteiger partial charge in [0.25, 0.3) is 5.91 Å². The number of likely N-dealkylation sites (tertiary alicyclic amines) is 1. The molecule has 0 saturated carbocycles. The Balaban J connectivity index is 1.42. The van der Waals surface area contributed by atoms with Gasteiger partial charge in [-0.05, 0) is 60.2 Å². The van der Waals surface area contributed by atoms with E-state index >= 15 is 0 Å². The highest BCUT2D eigenvalue weighted by Crippen LogP contribution is 2.22. The molecule has 0 aromatic heterocycles. The molecule has 1 aliphatic heterocycles. The maximum absolute atomic E-state index is 12.4. The van der Waals surface area contributed by atoms with Crippen LogP contribution in [0.4, 0.5) is 0 Å². The zero-order valence-corrected chi connectivity index (χ0v) is 19.7. The fraction of sp³-hybridized carbons (Fsp3) is 0.481. The number of benzene rings is 2. The Kier molecular flexibility index (Phi) is 8.46. The predicted octanol–water partition coefficient (Wildman–Crippen LogP) is 4.41. The van der Waals surface area contributed by atoms with Crippen LogP contribution in [-0.4, -0.2) is 36.3 Å². The van der Waals surface area contributed by atoms with Crippen molar-refractivity contribution in [1.29, 1.82) is 0 Å². The first kappa shape index (κ1) is 24.0. The Hall–Kier alpha value is -2.66. The van der Waals surface area contributed by atoms with Gasteiger partial charge < -0.3 is 10.6 Å². The Morgan fingerprint density at radius 2 is 1.53 bits per heavy atom. The number of nitrogens with zero attached hydrogens (tertiary/aromatic N) is 1. The third-order valence-electron chi connectivity index (χ3n) is 6.09. The number of carbonyl (C=O) groups excluding carboxylic acids is 2. The summed E-state index contributed by atoms with van der Waals surface area (Å²) in [6.45, 7) is 10.5. The molecule has 0 bridgehead atoms. The van der Waals surface area contributed by atoms with Crippen molar-refractivity contribution >= 4 is 11.8 Å². The fourth-order valence-electron chi connectivity index (χ4n) is 4.04. The van der Waals surface area contributed by atoms with Crippen LogP contribution >= 0.6 is 0 Å². The van der Waals surface area contributed by atoms with Gasteiger partial charge in [-0.1, -0.05) is 63.6 Å². The molecule has 1 fully saturated rings. The number of carbonyl (C=O) groups is 2. The zero-order valence-electron chi connectivity index (χ0n) is 19.7. The summed E-state index contributed by atoms with van der Waals surface area (Å²) >= 11 is 0. The van der Waals surface area contributed by atoms with E-state index in [1.807, 2.05) is 30.3 Å². The topological polar surface area (TPSA) is 61.4 Å². The Bertz CT molecular complexity index is 894. The van der Waals surface area contributed by atoms with Crippen LogP contribution in [0.25, 0.3) is 0 Å². The molecule has 1 heterocycles. The van der Waals surface area contributed by atoms with Crippen molar-refractivity contribution in [2.75, 3.05) is 19.6 Å². The molecule has 0 unspecified atom stereocenters. The van der Waals surface area contributed by atoms with Gasteiger partial charge in [-0.25, -0.2) is 0 Å². The van der Waals surface area contributed by atoms with Crippen LogP contribution in [0.2, 0.25) is 0 Å². The highest BCUT2D eigenvalue weighted by Gasteiger charge is 2.15. The van der Waals surface area contributed by atoms with Gasteiger partial charge >= 0.3 is 0 Å². The van der Waals surface area contributed by atoms with E-state index in [0.29, 0.717) is 18.7 Å². The van der Waals surface area contributed by atoms with Crippen LogP contribution < -0.4 is 10.6 Å². The normalized spacial score (nSPS) is 14.7. The fourth-order valence-corrected chi connectivity index (χ4v) is 4.04. The number of piperidine rings is 1. The summed E-state index contributed by atoms with van der Waals surface area (Å²) in [6.07, 6.45) is 4.13. The van der Waals surface area contributed by atoms with E-state index in [1.165, 1.54) is 30.4 Å². The maximum Gasteiger partial charge on any atom is 0.251 e. The lowest BCUT2D eigenvalue weighted by Crippen LogP contribution is -2.31. The van der Waals surface area contributed by atoms with Crippen molar-refractivity contribution in [3.05, 3.63) is 70.8 Å². The minimum absolute atomic E-state index is 0.0545. The summed E-state index contributed by atoms with van der Waals surface area (Å²) in [5.41, 5.74) is 4.30. The van der Waals surface area contributed by atoms with E-state index in [2.05, 4.69) is 54.5 Å². The first-order valence-corrected chi connectivity index (χ1v) is 11.8. The molecule has 2 aromatic carbocycles. The minimum Gasteiger partial charge on any atom is -0.352 e. The van der Waals surface area contributed by atoms with E-state index in [0.717, 1.165) is 25.2 Å². The van der Waals surface area contributed by atoms with Crippen LogP contribution in [0.1, 0.15) is 73.5 Å². The summed E-state index contributed by atoms with van der Waals surface area (Å²) in [4.78, 5) is 27.2. The van der Waals surface area contributed by atoms with Gasteiger partial charge in [0.15, 0.2) is 0 Å². The molecule has 1 aliphatic rings. The van der Waals surface area contributed by atoms with E-state index in [-0.39, 0.29) is 23.7 Å². The van der Waals surface area contributed by atoms with E-state index in [9.17, 15) is 9.59 Å². The molecular weight excluding hydrogens is 398 g/mol. The minimum atomic E-state index is -0.148. The van der Waals surface area contributed by atoms with E-state index < -0.39 is 0 Å². The van der Waals surface area contributed by atoms with Crippen molar-refractivity contribution < 1.29 is 9.59 Å². The molecule has 1 saturated heterocycles. The number of rotatable bonds is 8. The van der Waals surface area contributed by atoms with Gasteiger partial charge in [-0.2, -0.15) is 0 Å². The third-order valence-corrected chi connectivity index (χ3v) is 6.09. The van der Waals surface area contributed by atoms with Gasteiger partial charge in [-0.15, -0.1) is 0 Å². The summed E-state index contributed by atoms with van der Waals surface area (Å²) in [6, 6.07) is 16.0. The molecular formula is C27H37N3O2. The van der Waals surface area contributed by atoms with Crippen molar-refractivity contribution in [3.8, 4) is 0 Å². The monoisotopic (exact) mass is 435 g/mol. The quantitative estimate of drug-likeness (QED) is 0.646. The SMILES string of the molecule is CC(C)(C)c1ccc(C(=O)NCCC(=O)NCc2ccccc2CN2CCCCC2)cc1. The van der Waals surface area contributed by atoms with Gasteiger partial charge in [-0.3, -0.25) is 14.5 Å². The molecule has 5 nitrogen and oxygen atoms in total. The molecule has 0 radical (unpaired) electrons. The van der Waals surface area contributed by atoms with Crippen LogP contribution in [0.3, 0.4) is 0 Å². The average molecular weight is 436 g/mol. The maximum atomic E-state index is 12.4. The summed E-state index contributed by atoms with van der Waals surface area (Å²) in [7, 11) is 0. The molecule has 2 aromatic rings. The van der Waals surface area contributed by atoms with E-state index in [4.69, 9.17) is 0 Å². The molecule has 172 valence electrons. The molecule has 32 heavy (non-hydrogen) atoms. The van der Waals surface area contributed by atoms with Gasteiger partial charge in [0, 0.05) is 31.6 Å². The van der Waals surface area contributed by atoms with Crippen molar-refractivity contribution in [3.63, 3.8) is 0 Å². The first-order chi connectivity index (χ1) is 15.3. The molecule has 2 N–H and O–H groups in total. The van der Waals surface area contributed by atoms with Gasteiger partial charge in [0.05, 0.1) is 0 Å². The number of hydrogen-bond donors (Lipinski definition) is 2. The van der Waals surface area contributed by atoms with Crippen LogP contribution in [0, 0.1) is 0 Å². The third kappa shape index (κ3) is 7.20. The second-order valence-corrected chi connectivity index (χ2v) is 9.72. The summed E-state index contributed by atoms with van der Waals surface area (Å²) in [5, 5.41) is 5.85. The lowest BCUT2D eigenvalue weighted by atomic mass is 9.87. The second kappa shape index (κ2) is 11.3. The molecule has 0 spiro atoms. The first-order valence-electron chi connectivity index (χ1n) is 11.8. The number of nitrogens with one attached hydrogen (secondary N) is 2. The smallest absolute Gasteiger partial charge is 0.251 e. The summed E-state index contributed by atoms with van der Waals surface area (Å²) < 4.78 is 0. The number of amides is 2. The molecule has 2 amide bonds. The molecule has 5 heteroatoms. The van der Waals surface area contributed by atoms with Crippen molar-refractivity contribution in [1.82, 2.24) is 15.5 Å². The van der Waals surface area contributed by atoms with Gasteiger partial charge in [0.1, 0.15) is 0 Å². The highest BCUT2D eigenvalue weighted by atomic mass is 16.2. The van der Waals surface area contributed by atoms with Gasteiger partial charge in [0.2, 0.25) is 5.91 Å². The lowest BCUT2D eigenvalue weighted by Gasteiger charge is -2.27. The Morgan fingerprint density at radius 3 is 2.19 bits per heavy atom. The number of hydrogen-bond acceptors (Lipinski definition) is 3. The molecule has 0 atom stereocenters. The largest absolute Gasteiger partial charge is 0.352 e. The second-order valence-electron chi connectivity index (χ2n) is 9.72. The average Bonchev–Trinajstić information content (AvgIpc) is 2.78. The summed E-state index contributed by atoms with van der Waals surface area (Å²) in [5.74, 6) is -0.203. The Labute approximate surface area is 192 Å². The van der Waals surface area contributed by atoms with Crippen molar-refractivity contribution in [2.24, 2.45) is 0 Å². The van der Waals surface area contributed by atoms with Crippen LogP contribution in [-0.2, 0) is 23.3 Å². The zero-order chi connectivity index (χ0) is 23.0. The van der Waals surface area contributed by atoms with Crippen molar-refractivity contribution in [2.45, 2.75) is 65.0 Å². The predicted molar refractivity (Wildman–Crippen MR) is 130 cm³/mol. The van der Waals surface area contributed by atoms with Crippen LogP contribution in [0.15, 0.2) is 48.5 Å². The highest BCUT2D eigenvalue weighted by molar-refractivity contribution is 5.94. The standard InChI is InChI=1S/C27H37N3O2/c1-27(2,3)24-13-11-21(12-14-24)26(32)28-16-15-25(31)29-19-22-9-5-6-10-23(22)20-30-17-7-4-8-18-30/h5-6,9-14H,4,7-8,15-20H2,1-3H3,(H,28,32)(H,29,31).